The van der Waals surface area contributed by atoms with Gasteiger partial charge < -0.3 is 0 Å². The Bertz CT molecular complexity index is 406. The van der Waals surface area contributed by atoms with Crippen LogP contribution in [0.4, 0.5) is 0 Å². The number of rotatable bonds is 4. The lowest BCUT2D eigenvalue weighted by molar-refractivity contribution is 0.313. The Morgan fingerprint density at radius 3 is 2.63 bits per heavy atom. The van der Waals surface area contributed by atoms with Gasteiger partial charge in [-0.3, -0.25) is 0 Å². The second-order valence-electron chi connectivity index (χ2n) is 6.25. The zero-order chi connectivity index (χ0) is 14.5. The molecule has 0 N–H and O–H groups in total. The summed E-state index contributed by atoms with van der Waals surface area (Å²) in [6.45, 7) is 13.1. The molecule has 0 radical (unpaired) electrons. The van der Waals surface area contributed by atoms with Gasteiger partial charge in [-0.2, -0.15) is 5.26 Å². The topological polar surface area (TPSA) is 23.8 Å². The molecule has 0 aromatic heterocycles. The van der Waals surface area contributed by atoms with E-state index in [9.17, 15) is 0 Å². The van der Waals surface area contributed by atoms with Gasteiger partial charge in [0.1, 0.15) is 0 Å². The van der Waals surface area contributed by atoms with Crippen molar-refractivity contribution in [1.82, 2.24) is 0 Å². The summed E-state index contributed by atoms with van der Waals surface area (Å²) in [5, 5.41) is 9.60. The number of thioether (sulfide) groups is 1. The van der Waals surface area contributed by atoms with E-state index in [0.29, 0.717) is 16.4 Å². The molecule has 1 fully saturated rings. The molecule has 0 bridgehead atoms. The number of nitriles is 1. The van der Waals surface area contributed by atoms with E-state index in [1.54, 1.807) is 6.08 Å². The van der Waals surface area contributed by atoms with Crippen molar-refractivity contribution in [1.29, 1.82) is 5.26 Å². The van der Waals surface area contributed by atoms with Gasteiger partial charge in [0.05, 0.1) is 6.07 Å². The normalized spacial score (nSPS) is 26.4. The van der Waals surface area contributed by atoms with Crippen LogP contribution in [0.25, 0.3) is 0 Å². The van der Waals surface area contributed by atoms with Crippen LogP contribution in [0.3, 0.4) is 0 Å². The van der Waals surface area contributed by atoms with E-state index in [0.717, 1.165) is 6.42 Å². The van der Waals surface area contributed by atoms with Crippen molar-refractivity contribution in [2.45, 2.75) is 51.0 Å². The van der Waals surface area contributed by atoms with E-state index in [-0.39, 0.29) is 5.41 Å². The molecule has 0 aromatic carbocycles. The van der Waals surface area contributed by atoms with Crippen LogP contribution in [-0.2, 0) is 0 Å². The van der Waals surface area contributed by atoms with E-state index in [1.807, 2.05) is 23.9 Å². The minimum atomic E-state index is 0.289. The third-order valence-corrected chi connectivity index (χ3v) is 5.43. The van der Waals surface area contributed by atoms with Gasteiger partial charge in [0.2, 0.25) is 0 Å². The summed E-state index contributed by atoms with van der Waals surface area (Å²) in [4.78, 5) is 0. The largest absolute Gasteiger partial charge is 0.193 e. The Labute approximate surface area is 122 Å². The van der Waals surface area contributed by atoms with Crippen LogP contribution in [-0.4, -0.2) is 10.5 Å². The Morgan fingerprint density at radius 2 is 2.11 bits per heavy atom. The Hall–Kier alpha value is -0.940. The Morgan fingerprint density at radius 1 is 1.42 bits per heavy atom. The molecular weight excluding hydrogens is 250 g/mol. The predicted octanol–water partition coefficient (Wildman–Crippen LogP) is 5.12. The van der Waals surface area contributed by atoms with Crippen LogP contribution in [0, 0.1) is 22.7 Å². The van der Waals surface area contributed by atoms with Crippen molar-refractivity contribution < 1.29 is 0 Å². The van der Waals surface area contributed by atoms with Gasteiger partial charge in [0, 0.05) is 16.6 Å². The SMILES string of the molecule is C=C/C(=C\[C@H](C)C(C)(C)C)C1CCC(/C=C\C#N)S1. The molecule has 0 aromatic rings. The second-order valence-corrected chi connectivity index (χ2v) is 7.70. The number of allylic oxidation sites excluding steroid dienone is 3. The lowest BCUT2D eigenvalue weighted by Gasteiger charge is -2.26. The summed E-state index contributed by atoms with van der Waals surface area (Å²) in [5.74, 6) is 0.537. The maximum atomic E-state index is 8.58. The molecule has 2 unspecified atom stereocenters. The fourth-order valence-electron chi connectivity index (χ4n) is 2.05. The Kier molecular flexibility index (Phi) is 5.94. The smallest absolute Gasteiger partial charge is 0.0909 e. The first kappa shape index (κ1) is 16.1. The summed E-state index contributed by atoms with van der Waals surface area (Å²) >= 11 is 1.96. The number of nitrogens with zero attached hydrogens (tertiary/aromatic N) is 1. The minimum absolute atomic E-state index is 0.289. The third kappa shape index (κ3) is 4.91. The third-order valence-electron chi connectivity index (χ3n) is 3.85. The van der Waals surface area contributed by atoms with Crippen LogP contribution >= 0.6 is 11.8 Å². The van der Waals surface area contributed by atoms with Crippen molar-refractivity contribution in [3.05, 3.63) is 36.5 Å². The molecule has 1 nitrogen and oxygen atoms in total. The first-order chi connectivity index (χ1) is 8.88. The van der Waals surface area contributed by atoms with Crippen LogP contribution in [0.1, 0.15) is 40.5 Å². The van der Waals surface area contributed by atoms with E-state index < -0.39 is 0 Å². The zero-order valence-electron chi connectivity index (χ0n) is 12.5. The summed E-state index contributed by atoms with van der Waals surface area (Å²) in [6.07, 6.45) is 10.4. The van der Waals surface area contributed by atoms with Crippen LogP contribution in [0.15, 0.2) is 36.5 Å². The monoisotopic (exact) mass is 275 g/mol. The number of hydrogen-bond acceptors (Lipinski definition) is 2. The minimum Gasteiger partial charge on any atom is -0.193 e. The van der Waals surface area contributed by atoms with Gasteiger partial charge in [-0.1, -0.05) is 52.5 Å². The summed E-state index contributed by atoms with van der Waals surface area (Å²) in [7, 11) is 0. The average molecular weight is 275 g/mol. The molecule has 1 aliphatic heterocycles. The van der Waals surface area contributed by atoms with E-state index in [1.165, 1.54) is 12.0 Å². The fourth-order valence-corrected chi connectivity index (χ4v) is 3.51. The number of hydrogen-bond donors (Lipinski definition) is 0. The average Bonchev–Trinajstić information content (AvgIpc) is 2.80. The highest BCUT2D eigenvalue weighted by atomic mass is 32.2. The fraction of sp³-hybridized carbons (Fsp3) is 0.588. The van der Waals surface area contributed by atoms with E-state index in [2.05, 4.69) is 46.4 Å². The zero-order valence-corrected chi connectivity index (χ0v) is 13.3. The van der Waals surface area contributed by atoms with E-state index in [4.69, 9.17) is 5.26 Å². The maximum absolute atomic E-state index is 8.58. The van der Waals surface area contributed by atoms with Crippen molar-refractivity contribution >= 4 is 11.8 Å². The molecule has 1 aliphatic rings. The molecule has 0 saturated carbocycles. The van der Waals surface area contributed by atoms with Gasteiger partial charge >= 0.3 is 0 Å². The van der Waals surface area contributed by atoms with Gasteiger partial charge in [0.15, 0.2) is 0 Å². The summed E-state index contributed by atoms with van der Waals surface area (Å²) < 4.78 is 0. The van der Waals surface area contributed by atoms with Crippen LogP contribution < -0.4 is 0 Å². The van der Waals surface area contributed by atoms with Gasteiger partial charge in [0.25, 0.3) is 0 Å². The van der Waals surface area contributed by atoms with Crippen molar-refractivity contribution in [3.63, 3.8) is 0 Å². The highest BCUT2D eigenvalue weighted by molar-refractivity contribution is 8.01. The summed E-state index contributed by atoms with van der Waals surface area (Å²) in [5.41, 5.74) is 1.65. The van der Waals surface area contributed by atoms with Crippen LogP contribution in [0.5, 0.6) is 0 Å². The highest BCUT2D eigenvalue weighted by Gasteiger charge is 2.27. The molecule has 19 heavy (non-hydrogen) atoms. The lowest BCUT2D eigenvalue weighted by Crippen LogP contribution is -2.16. The lowest BCUT2D eigenvalue weighted by atomic mass is 9.80. The maximum Gasteiger partial charge on any atom is 0.0909 e. The van der Waals surface area contributed by atoms with Crippen molar-refractivity contribution in [2.24, 2.45) is 11.3 Å². The Balaban J connectivity index is 2.73. The molecule has 104 valence electrons. The first-order valence-corrected chi connectivity index (χ1v) is 7.88. The van der Waals surface area contributed by atoms with Gasteiger partial charge in [-0.15, -0.1) is 11.8 Å². The summed E-state index contributed by atoms with van der Waals surface area (Å²) in [6, 6.07) is 2.08. The molecule has 1 rings (SSSR count). The first-order valence-electron chi connectivity index (χ1n) is 6.94. The van der Waals surface area contributed by atoms with Crippen molar-refractivity contribution in [2.75, 3.05) is 0 Å². The molecule has 0 aliphatic carbocycles. The van der Waals surface area contributed by atoms with Gasteiger partial charge in [-0.05, 0) is 29.7 Å². The predicted molar refractivity (Wildman–Crippen MR) is 86.1 cm³/mol. The molecule has 0 amide bonds. The molecule has 1 saturated heterocycles. The van der Waals surface area contributed by atoms with E-state index >= 15 is 0 Å². The van der Waals surface area contributed by atoms with Crippen molar-refractivity contribution in [3.8, 4) is 6.07 Å². The highest BCUT2D eigenvalue weighted by Crippen LogP contribution is 2.40. The molecule has 1 heterocycles. The quantitative estimate of drug-likeness (QED) is 0.525. The van der Waals surface area contributed by atoms with Crippen LogP contribution in [0.2, 0.25) is 0 Å². The molecular formula is C17H25NS. The standard InChI is InChI=1S/C17H25NS/c1-6-14(12-13(2)17(3,4)5)16-10-9-15(19-16)8-7-11-18/h6-8,12-13,15-16H,1,9-10H2,2-5H3/b8-7-,14-12+/t13-,15?,16?/m0/s1. The molecule has 2 heteroatoms. The van der Waals surface area contributed by atoms with Gasteiger partial charge in [-0.25, -0.2) is 0 Å². The molecule has 0 spiro atoms. The molecule has 3 atom stereocenters. The second kappa shape index (κ2) is 7.01.